The van der Waals surface area contributed by atoms with E-state index in [2.05, 4.69) is 6.58 Å². The van der Waals surface area contributed by atoms with Gasteiger partial charge in [-0.2, -0.15) is 0 Å². The summed E-state index contributed by atoms with van der Waals surface area (Å²) in [5.41, 5.74) is 0.629. The molecule has 1 aliphatic rings. The first-order valence-corrected chi connectivity index (χ1v) is 4.72. The van der Waals surface area contributed by atoms with Gasteiger partial charge in [0.25, 0.3) is 0 Å². The molecule has 0 saturated carbocycles. The molecule has 15 heavy (non-hydrogen) atoms. The van der Waals surface area contributed by atoms with Crippen LogP contribution in [0.1, 0.15) is 22.8 Å². The molecule has 1 aromatic rings. The standard InChI is InChI=1S/C12H12O3/c1-3-12(2)7-15-9-6-4-5-8(10(9)12)11(13)14/h3-6H,1,7H2,2H3,(H,13,14). The molecular weight excluding hydrogens is 192 g/mol. The van der Waals surface area contributed by atoms with Crippen LogP contribution in [0.5, 0.6) is 5.75 Å². The summed E-state index contributed by atoms with van der Waals surface area (Å²) in [6.45, 7) is 6.12. The van der Waals surface area contributed by atoms with Crippen molar-refractivity contribution >= 4 is 5.97 Å². The summed E-state index contributed by atoms with van der Waals surface area (Å²) in [6.07, 6.45) is 1.74. The van der Waals surface area contributed by atoms with E-state index in [4.69, 9.17) is 9.84 Å². The smallest absolute Gasteiger partial charge is 0.336 e. The van der Waals surface area contributed by atoms with Crippen molar-refractivity contribution in [1.82, 2.24) is 0 Å². The average Bonchev–Trinajstić information content (AvgIpc) is 2.57. The summed E-state index contributed by atoms with van der Waals surface area (Å²) in [7, 11) is 0. The fraction of sp³-hybridized carbons (Fsp3) is 0.250. The molecule has 78 valence electrons. The Morgan fingerprint density at radius 3 is 3.00 bits per heavy atom. The zero-order valence-electron chi connectivity index (χ0n) is 8.49. The highest BCUT2D eigenvalue weighted by Gasteiger charge is 2.37. The largest absolute Gasteiger partial charge is 0.492 e. The number of hydrogen-bond acceptors (Lipinski definition) is 2. The van der Waals surface area contributed by atoms with Gasteiger partial charge in [0.1, 0.15) is 12.4 Å². The van der Waals surface area contributed by atoms with Crippen molar-refractivity contribution in [3.05, 3.63) is 42.0 Å². The number of carbonyl (C=O) groups is 1. The Hall–Kier alpha value is -1.77. The monoisotopic (exact) mass is 204 g/mol. The van der Waals surface area contributed by atoms with Crippen LogP contribution in [0.4, 0.5) is 0 Å². The number of hydrogen-bond donors (Lipinski definition) is 1. The average molecular weight is 204 g/mol. The normalized spacial score (nSPS) is 23.0. The van der Waals surface area contributed by atoms with Crippen LogP contribution in [0.25, 0.3) is 0 Å². The zero-order chi connectivity index (χ0) is 11.1. The van der Waals surface area contributed by atoms with Gasteiger partial charge in [-0.05, 0) is 19.1 Å². The van der Waals surface area contributed by atoms with Gasteiger partial charge in [-0.1, -0.05) is 12.1 Å². The number of aromatic carboxylic acids is 1. The van der Waals surface area contributed by atoms with Gasteiger partial charge in [-0.15, -0.1) is 6.58 Å². The maximum atomic E-state index is 11.1. The van der Waals surface area contributed by atoms with Gasteiger partial charge < -0.3 is 9.84 Å². The molecule has 0 aliphatic carbocycles. The Labute approximate surface area is 88.0 Å². The number of carboxylic acid groups (broad SMARTS) is 1. The van der Waals surface area contributed by atoms with E-state index in [1.54, 1.807) is 24.3 Å². The molecule has 1 atom stereocenters. The number of ether oxygens (including phenoxy) is 1. The Balaban J connectivity index is 2.68. The summed E-state index contributed by atoms with van der Waals surface area (Å²) in [4.78, 5) is 11.1. The van der Waals surface area contributed by atoms with E-state index in [1.807, 2.05) is 6.92 Å². The Bertz CT molecular complexity index is 436. The zero-order valence-corrected chi connectivity index (χ0v) is 8.49. The summed E-state index contributed by atoms with van der Waals surface area (Å²) < 4.78 is 5.46. The lowest BCUT2D eigenvalue weighted by Crippen LogP contribution is -2.22. The van der Waals surface area contributed by atoms with E-state index in [-0.39, 0.29) is 0 Å². The molecule has 0 spiro atoms. The molecule has 0 saturated heterocycles. The van der Waals surface area contributed by atoms with Crippen LogP contribution in [0.2, 0.25) is 0 Å². The van der Waals surface area contributed by atoms with Crippen molar-refractivity contribution in [2.24, 2.45) is 0 Å². The van der Waals surface area contributed by atoms with Gasteiger partial charge in [0.05, 0.1) is 5.56 Å². The molecule has 0 aromatic heterocycles. The quantitative estimate of drug-likeness (QED) is 0.751. The Kier molecular flexibility index (Phi) is 2.03. The molecule has 1 aliphatic heterocycles. The summed E-state index contributed by atoms with van der Waals surface area (Å²) in [5.74, 6) is -0.275. The molecule has 0 amide bonds. The van der Waals surface area contributed by atoms with Gasteiger partial charge in [-0.25, -0.2) is 4.79 Å². The molecule has 3 heteroatoms. The third-order valence-electron chi connectivity index (χ3n) is 2.81. The number of rotatable bonds is 2. The van der Waals surface area contributed by atoms with Crippen LogP contribution in [0.3, 0.4) is 0 Å². The predicted molar refractivity (Wildman–Crippen MR) is 56.4 cm³/mol. The highest BCUT2D eigenvalue weighted by atomic mass is 16.5. The third kappa shape index (κ3) is 1.31. The number of fused-ring (bicyclic) bond motifs is 1. The predicted octanol–water partition coefficient (Wildman–Crippen LogP) is 2.22. The Morgan fingerprint density at radius 2 is 2.40 bits per heavy atom. The molecule has 0 bridgehead atoms. The third-order valence-corrected chi connectivity index (χ3v) is 2.81. The van der Waals surface area contributed by atoms with Crippen LogP contribution in [0, 0.1) is 0 Å². The topological polar surface area (TPSA) is 46.5 Å². The van der Waals surface area contributed by atoms with Crippen LogP contribution in [-0.4, -0.2) is 17.7 Å². The van der Waals surface area contributed by atoms with Crippen molar-refractivity contribution in [2.75, 3.05) is 6.61 Å². The van der Waals surface area contributed by atoms with Gasteiger partial charge in [-0.3, -0.25) is 0 Å². The number of benzene rings is 1. The number of carboxylic acids is 1. The van der Waals surface area contributed by atoms with Crippen molar-refractivity contribution in [1.29, 1.82) is 0 Å². The van der Waals surface area contributed by atoms with E-state index >= 15 is 0 Å². The molecule has 3 nitrogen and oxygen atoms in total. The van der Waals surface area contributed by atoms with Crippen molar-refractivity contribution in [3.63, 3.8) is 0 Å². The summed E-state index contributed by atoms with van der Waals surface area (Å²) in [6, 6.07) is 5.07. The van der Waals surface area contributed by atoms with Crippen molar-refractivity contribution < 1.29 is 14.6 Å². The fourth-order valence-corrected chi connectivity index (χ4v) is 1.88. The fourth-order valence-electron chi connectivity index (χ4n) is 1.88. The highest BCUT2D eigenvalue weighted by molar-refractivity contribution is 5.91. The summed E-state index contributed by atoms with van der Waals surface area (Å²) in [5, 5.41) is 9.09. The second-order valence-electron chi connectivity index (χ2n) is 3.89. The van der Waals surface area contributed by atoms with Crippen molar-refractivity contribution in [3.8, 4) is 5.75 Å². The first-order valence-electron chi connectivity index (χ1n) is 4.72. The van der Waals surface area contributed by atoms with E-state index in [9.17, 15) is 4.79 Å². The van der Waals surface area contributed by atoms with Gasteiger partial charge in [0.2, 0.25) is 0 Å². The second-order valence-corrected chi connectivity index (χ2v) is 3.89. The minimum Gasteiger partial charge on any atom is -0.492 e. The molecule has 1 unspecified atom stereocenters. The summed E-state index contributed by atoms with van der Waals surface area (Å²) >= 11 is 0. The molecular formula is C12H12O3. The van der Waals surface area contributed by atoms with E-state index in [0.29, 0.717) is 17.9 Å². The van der Waals surface area contributed by atoms with Crippen LogP contribution >= 0.6 is 0 Å². The van der Waals surface area contributed by atoms with E-state index in [1.165, 1.54) is 0 Å². The van der Waals surface area contributed by atoms with E-state index in [0.717, 1.165) is 5.56 Å². The molecule has 0 fully saturated rings. The minimum absolute atomic E-state index is 0.299. The minimum atomic E-state index is -0.926. The van der Waals surface area contributed by atoms with Crippen LogP contribution in [0.15, 0.2) is 30.9 Å². The lowest BCUT2D eigenvalue weighted by Gasteiger charge is -2.18. The molecule has 1 aromatic carbocycles. The lowest BCUT2D eigenvalue weighted by molar-refractivity contribution is 0.0695. The maximum Gasteiger partial charge on any atom is 0.336 e. The first kappa shape index (κ1) is 9.77. The van der Waals surface area contributed by atoms with Crippen molar-refractivity contribution in [2.45, 2.75) is 12.3 Å². The van der Waals surface area contributed by atoms with E-state index < -0.39 is 11.4 Å². The highest BCUT2D eigenvalue weighted by Crippen LogP contribution is 2.41. The first-order chi connectivity index (χ1) is 7.08. The second kappa shape index (κ2) is 3.12. The van der Waals surface area contributed by atoms with Gasteiger partial charge in [0.15, 0.2) is 0 Å². The Morgan fingerprint density at radius 1 is 1.67 bits per heavy atom. The molecule has 1 heterocycles. The van der Waals surface area contributed by atoms with Crippen LogP contribution in [-0.2, 0) is 5.41 Å². The molecule has 1 N–H and O–H groups in total. The van der Waals surface area contributed by atoms with Gasteiger partial charge >= 0.3 is 5.97 Å². The SMILES string of the molecule is C=CC1(C)COc2cccc(C(=O)O)c21. The lowest BCUT2D eigenvalue weighted by atomic mass is 9.82. The molecule has 0 radical (unpaired) electrons. The maximum absolute atomic E-state index is 11.1. The molecule has 2 rings (SSSR count). The van der Waals surface area contributed by atoms with Crippen LogP contribution < -0.4 is 4.74 Å². The van der Waals surface area contributed by atoms with Gasteiger partial charge in [0, 0.05) is 11.0 Å².